The summed E-state index contributed by atoms with van der Waals surface area (Å²) in [5.41, 5.74) is 12.8. The van der Waals surface area contributed by atoms with Crippen molar-refractivity contribution < 1.29 is 9.47 Å². The number of pyridine rings is 1. The molecule has 0 radical (unpaired) electrons. The van der Waals surface area contributed by atoms with Crippen LogP contribution in [-0.2, 0) is 11.2 Å². The number of rotatable bonds is 3. The zero-order chi connectivity index (χ0) is 20.7. The van der Waals surface area contributed by atoms with Crippen LogP contribution in [0.4, 0.5) is 17.1 Å². The van der Waals surface area contributed by atoms with Gasteiger partial charge in [-0.15, -0.1) is 0 Å². The van der Waals surface area contributed by atoms with Gasteiger partial charge in [0.05, 0.1) is 35.7 Å². The molecule has 3 heterocycles. The van der Waals surface area contributed by atoms with Crippen molar-refractivity contribution in [2.75, 3.05) is 30.4 Å². The number of nitrogens with zero attached hydrogens (tertiary/aromatic N) is 3. The molecule has 1 saturated heterocycles. The summed E-state index contributed by atoms with van der Waals surface area (Å²) in [4.78, 5) is 6.78. The number of hydrogen-bond donors (Lipinski definition) is 1. The van der Waals surface area contributed by atoms with Crippen molar-refractivity contribution in [2.24, 2.45) is 0 Å². The smallest absolute Gasteiger partial charge is 0.144 e. The molecule has 0 amide bonds. The highest BCUT2D eigenvalue weighted by Crippen LogP contribution is 2.41. The van der Waals surface area contributed by atoms with Crippen LogP contribution in [0.25, 0.3) is 10.9 Å². The standard InChI is InChI=1S/C24H24N4O2/c1-15-4-5-22-16(9-15)3-2-7-28(22)24-17(12-25)13-27-21-11-23(20(26)10-19(21)24)30-18-6-8-29-14-18/h4-5,9-11,13,18H,2-3,6-8,14,26H2,1H3. The van der Waals surface area contributed by atoms with Crippen LogP contribution >= 0.6 is 0 Å². The summed E-state index contributed by atoms with van der Waals surface area (Å²) in [6.07, 6.45) is 4.59. The molecule has 152 valence electrons. The third-order valence-electron chi connectivity index (χ3n) is 5.90. The number of nitriles is 1. The highest BCUT2D eigenvalue weighted by Gasteiger charge is 2.25. The monoisotopic (exact) mass is 400 g/mol. The van der Waals surface area contributed by atoms with E-state index in [9.17, 15) is 5.26 Å². The quantitative estimate of drug-likeness (QED) is 0.662. The van der Waals surface area contributed by atoms with E-state index in [1.165, 1.54) is 11.1 Å². The molecule has 0 aliphatic carbocycles. The average Bonchev–Trinajstić information content (AvgIpc) is 3.26. The van der Waals surface area contributed by atoms with Gasteiger partial charge in [-0.05, 0) is 37.5 Å². The molecule has 2 aliphatic heterocycles. The Hall–Kier alpha value is -3.30. The number of benzene rings is 2. The first-order valence-electron chi connectivity index (χ1n) is 10.4. The van der Waals surface area contributed by atoms with Gasteiger partial charge in [-0.2, -0.15) is 5.26 Å². The van der Waals surface area contributed by atoms with Gasteiger partial charge in [0.1, 0.15) is 17.9 Å². The van der Waals surface area contributed by atoms with Crippen molar-refractivity contribution in [3.8, 4) is 11.8 Å². The van der Waals surface area contributed by atoms with E-state index in [4.69, 9.17) is 15.2 Å². The summed E-state index contributed by atoms with van der Waals surface area (Å²) in [6.45, 7) is 4.24. The molecular formula is C24H24N4O2. The summed E-state index contributed by atoms with van der Waals surface area (Å²) < 4.78 is 11.5. The van der Waals surface area contributed by atoms with Crippen molar-refractivity contribution in [3.63, 3.8) is 0 Å². The first-order chi connectivity index (χ1) is 14.6. The minimum absolute atomic E-state index is 0.0137. The fourth-order valence-electron chi connectivity index (χ4n) is 4.44. The summed E-state index contributed by atoms with van der Waals surface area (Å²) in [7, 11) is 0. The predicted octanol–water partition coefficient (Wildman–Crippen LogP) is 4.25. The molecule has 2 aromatic carbocycles. The number of anilines is 3. The van der Waals surface area contributed by atoms with Gasteiger partial charge >= 0.3 is 0 Å². The first-order valence-corrected chi connectivity index (χ1v) is 10.4. The van der Waals surface area contributed by atoms with Gasteiger partial charge in [-0.3, -0.25) is 4.98 Å². The maximum atomic E-state index is 9.83. The summed E-state index contributed by atoms with van der Waals surface area (Å²) >= 11 is 0. The second kappa shape index (κ2) is 7.51. The van der Waals surface area contributed by atoms with Gasteiger partial charge in [0.2, 0.25) is 0 Å². The van der Waals surface area contributed by atoms with Crippen LogP contribution in [0.5, 0.6) is 5.75 Å². The maximum absolute atomic E-state index is 9.83. The first kappa shape index (κ1) is 18.7. The molecule has 2 aliphatic rings. The van der Waals surface area contributed by atoms with E-state index in [-0.39, 0.29) is 6.10 Å². The Morgan fingerprint density at radius 2 is 2.20 bits per heavy atom. The van der Waals surface area contributed by atoms with Crippen LogP contribution in [0.2, 0.25) is 0 Å². The van der Waals surface area contributed by atoms with E-state index in [0.29, 0.717) is 30.2 Å². The normalized spacial score (nSPS) is 18.3. The molecule has 1 fully saturated rings. The van der Waals surface area contributed by atoms with Gasteiger partial charge in [0.15, 0.2) is 0 Å². The molecule has 1 atom stereocenters. The Morgan fingerprint density at radius 1 is 1.30 bits per heavy atom. The summed E-state index contributed by atoms with van der Waals surface area (Å²) in [6, 6.07) is 12.6. The molecule has 1 aromatic heterocycles. The number of fused-ring (bicyclic) bond motifs is 2. The van der Waals surface area contributed by atoms with Gasteiger partial charge in [0.25, 0.3) is 0 Å². The topological polar surface area (TPSA) is 84.4 Å². The van der Waals surface area contributed by atoms with E-state index in [1.807, 2.05) is 12.1 Å². The third kappa shape index (κ3) is 3.21. The van der Waals surface area contributed by atoms with Crippen LogP contribution in [0.1, 0.15) is 29.5 Å². The van der Waals surface area contributed by atoms with Crippen LogP contribution in [0, 0.1) is 18.3 Å². The molecule has 2 N–H and O–H groups in total. The number of aromatic nitrogens is 1. The van der Waals surface area contributed by atoms with Gasteiger partial charge in [-0.25, -0.2) is 0 Å². The Kier molecular flexibility index (Phi) is 4.68. The molecule has 1 unspecified atom stereocenters. The van der Waals surface area contributed by atoms with E-state index in [2.05, 4.69) is 41.1 Å². The molecule has 0 saturated carbocycles. The van der Waals surface area contributed by atoms with Gasteiger partial charge in [0, 0.05) is 36.3 Å². The molecular weight excluding hydrogens is 376 g/mol. The lowest BCUT2D eigenvalue weighted by atomic mass is 9.97. The zero-order valence-electron chi connectivity index (χ0n) is 17.0. The Bertz CT molecular complexity index is 1160. The molecule has 0 spiro atoms. The van der Waals surface area contributed by atoms with Crippen LogP contribution in [0.3, 0.4) is 0 Å². The Balaban J connectivity index is 1.65. The van der Waals surface area contributed by atoms with Crippen molar-refractivity contribution in [3.05, 3.63) is 53.2 Å². The maximum Gasteiger partial charge on any atom is 0.144 e. The molecule has 3 aromatic rings. The molecule has 6 heteroatoms. The second-order valence-corrected chi connectivity index (χ2v) is 8.03. The number of nitrogens with two attached hydrogens (primary N) is 1. The lowest BCUT2D eigenvalue weighted by Gasteiger charge is -2.33. The largest absolute Gasteiger partial charge is 0.486 e. The average molecular weight is 400 g/mol. The van der Waals surface area contributed by atoms with Crippen LogP contribution in [0.15, 0.2) is 36.5 Å². The molecule has 5 rings (SSSR count). The fraction of sp³-hybridized carbons (Fsp3) is 0.333. The lowest BCUT2D eigenvalue weighted by molar-refractivity contribution is 0.142. The van der Waals surface area contributed by atoms with Crippen molar-refractivity contribution >= 4 is 28.0 Å². The fourth-order valence-corrected chi connectivity index (χ4v) is 4.44. The number of nitrogen functional groups attached to an aromatic ring is 1. The van der Waals surface area contributed by atoms with Gasteiger partial charge in [-0.1, -0.05) is 17.7 Å². The molecule has 30 heavy (non-hydrogen) atoms. The minimum Gasteiger partial charge on any atom is -0.486 e. The van der Waals surface area contributed by atoms with E-state index in [1.54, 1.807) is 6.20 Å². The van der Waals surface area contributed by atoms with Crippen molar-refractivity contribution in [1.29, 1.82) is 5.26 Å². The minimum atomic E-state index is 0.0137. The highest BCUT2D eigenvalue weighted by molar-refractivity contribution is 5.99. The number of hydrogen-bond acceptors (Lipinski definition) is 6. The highest BCUT2D eigenvalue weighted by atomic mass is 16.5. The van der Waals surface area contributed by atoms with E-state index in [0.717, 1.165) is 48.1 Å². The van der Waals surface area contributed by atoms with Crippen LogP contribution in [-0.4, -0.2) is 30.8 Å². The summed E-state index contributed by atoms with van der Waals surface area (Å²) in [5, 5.41) is 10.7. The van der Waals surface area contributed by atoms with E-state index >= 15 is 0 Å². The lowest BCUT2D eigenvalue weighted by Crippen LogP contribution is -2.25. The van der Waals surface area contributed by atoms with Crippen molar-refractivity contribution in [2.45, 2.75) is 32.3 Å². The third-order valence-corrected chi connectivity index (χ3v) is 5.90. The number of ether oxygens (including phenoxy) is 2. The van der Waals surface area contributed by atoms with Crippen LogP contribution < -0.4 is 15.4 Å². The van der Waals surface area contributed by atoms with Gasteiger partial charge < -0.3 is 20.1 Å². The second-order valence-electron chi connectivity index (χ2n) is 8.03. The molecule has 0 bridgehead atoms. The SMILES string of the molecule is Cc1ccc2c(c1)CCCN2c1c(C#N)cnc2cc(OC3CCOC3)c(N)cc12. The Labute approximate surface area is 175 Å². The Morgan fingerprint density at radius 3 is 3.00 bits per heavy atom. The van der Waals surface area contributed by atoms with Crippen molar-refractivity contribution in [1.82, 2.24) is 4.98 Å². The number of aryl methyl sites for hydroxylation is 2. The zero-order valence-corrected chi connectivity index (χ0v) is 17.0. The van der Waals surface area contributed by atoms with E-state index < -0.39 is 0 Å². The molecule has 6 nitrogen and oxygen atoms in total. The summed E-state index contributed by atoms with van der Waals surface area (Å²) in [5.74, 6) is 0.621. The predicted molar refractivity (Wildman–Crippen MR) is 117 cm³/mol.